The fourth-order valence-electron chi connectivity index (χ4n) is 3.93. The van der Waals surface area contributed by atoms with Crippen LogP contribution < -0.4 is 0 Å². The van der Waals surface area contributed by atoms with Crippen LogP contribution in [0, 0.1) is 0 Å². The topological polar surface area (TPSA) is 46.1 Å². The normalized spacial score (nSPS) is 14.9. The molecule has 148 valence electrons. The summed E-state index contributed by atoms with van der Waals surface area (Å²) in [5.74, 6) is -0.664. The Morgan fingerprint density at radius 3 is 2.53 bits per heavy atom. The van der Waals surface area contributed by atoms with E-state index in [1.165, 1.54) is 6.07 Å². The van der Waals surface area contributed by atoms with Gasteiger partial charge in [-0.15, -0.1) is 0 Å². The lowest BCUT2D eigenvalue weighted by atomic mass is 9.97. The molecular formula is C24H17F2N3O. The lowest BCUT2D eigenvalue weighted by Gasteiger charge is -2.24. The number of carbonyl (C=O) groups is 1. The number of para-hydroxylation sites is 1. The van der Waals surface area contributed by atoms with Gasteiger partial charge in [0.15, 0.2) is 0 Å². The van der Waals surface area contributed by atoms with Crippen molar-refractivity contribution >= 4 is 16.8 Å². The van der Waals surface area contributed by atoms with Crippen molar-refractivity contribution in [2.45, 2.75) is 12.5 Å². The third kappa shape index (κ3) is 2.92. The molecule has 0 N–H and O–H groups in total. The molecule has 4 nitrogen and oxygen atoms in total. The van der Waals surface area contributed by atoms with E-state index in [2.05, 4.69) is 9.97 Å². The van der Waals surface area contributed by atoms with Crippen LogP contribution in [0.4, 0.5) is 8.78 Å². The van der Waals surface area contributed by atoms with Crippen LogP contribution >= 0.6 is 0 Å². The van der Waals surface area contributed by atoms with Crippen molar-refractivity contribution in [3.63, 3.8) is 0 Å². The van der Waals surface area contributed by atoms with Crippen molar-refractivity contribution in [3.8, 4) is 11.1 Å². The molecule has 0 bridgehead atoms. The molecule has 5 rings (SSSR count). The van der Waals surface area contributed by atoms with Crippen LogP contribution in [0.25, 0.3) is 22.0 Å². The molecule has 0 radical (unpaired) electrons. The van der Waals surface area contributed by atoms with Crippen molar-refractivity contribution in [2.24, 2.45) is 0 Å². The highest BCUT2D eigenvalue weighted by molar-refractivity contribution is 6.05. The smallest absolute Gasteiger partial charge is 0.275 e. The number of carbonyl (C=O) groups excluding carboxylic acids is 1. The van der Waals surface area contributed by atoms with Gasteiger partial charge >= 0.3 is 6.05 Å². The first-order valence-electron chi connectivity index (χ1n) is 9.64. The molecule has 0 unspecified atom stereocenters. The van der Waals surface area contributed by atoms with E-state index in [9.17, 15) is 4.79 Å². The maximum Gasteiger partial charge on any atom is 0.356 e. The molecule has 0 fully saturated rings. The number of pyridine rings is 2. The zero-order valence-electron chi connectivity index (χ0n) is 15.9. The summed E-state index contributed by atoms with van der Waals surface area (Å²) in [5.41, 5.74) is 2.45. The van der Waals surface area contributed by atoms with Crippen LogP contribution in [0.3, 0.4) is 0 Å². The maximum atomic E-state index is 15.2. The summed E-state index contributed by atoms with van der Waals surface area (Å²) < 4.78 is 30.4. The van der Waals surface area contributed by atoms with E-state index in [0.717, 1.165) is 10.9 Å². The van der Waals surface area contributed by atoms with Gasteiger partial charge in [0.1, 0.15) is 0 Å². The number of fused-ring (bicyclic) bond motifs is 2. The van der Waals surface area contributed by atoms with E-state index in [1.807, 2.05) is 36.4 Å². The summed E-state index contributed by atoms with van der Waals surface area (Å²) in [5, 5.41) is 0.984. The molecule has 0 saturated carbocycles. The van der Waals surface area contributed by atoms with E-state index in [0.29, 0.717) is 21.7 Å². The average molecular weight is 401 g/mol. The zero-order valence-corrected chi connectivity index (χ0v) is 15.9. The highest BCUT2D eigenvalue weighted by Gasteiger charge is 2.52. The molecule has 0 aliphatic carbocycles. The monoisotopic (exact) mass is 401 g/mol. The summed E-state index contributed by atoms with van der Waals surface area (Å²) in [4.78, 5) is 22.2. The van der Waals surface area contributed by atoms with Crippen molar-refractivity contribution in [3.05, 3.63) is 95.9 Å². The van der Waals surface area contributed by atoms with Gasteiger partial charge in [-0.05, 0) is 35.4 Å². The first kappa shape index (κ1) is 18.4. The predicted octanol–water partition coefficient (Wildman–Crippen LogP) is 5.04. The van der Waals surface area contributed by atoms with Gasteiger partial charge in [-0.1, -0.05) is 42.5 Å². The Kier molecular flexibility index (Phi) is 4.28. The third-order valence-electron chi connectivity index (χ3n) is 5.43. The maximum absolute atomic E-state index is 15.2. The van der Waals surface area contributed by atoms with Crippen molar-refractivity contribution in [1.29, 1.82) is 0 Å². The molecule has 4 aromatic rings. The number of hydrogen-bond acceptors (Lipinski definition) is 3. The van der Waals surface area contributed by atoms with E-state index in [-0.39, 0.29) is 24.1 Å². The molecule has 0 saturated heterocycles. The molecule has 2 aromatic heterocycles. The van der Waals surface area contributed by atoms with Gasteiger partial charge in [-0.3, -0.25) is 19.7 Å². The summed E-state index contributed by atoms with van der Waals surface area (Å²) in [6.45, 7) is -0.123. The van der Waals surface area contributed by atoms with E-state index in [1.54, 1.807) is 36.7 Å². The molecule has 1 aliphatic heterocycles. The first-order chi connectivity index (χ1) is 14.6. The van der Waals surface area contributed by atoms with Crippen LogP contribution in [0.15, 0.2) is 79.1 Å². The number of hydrogen-bond donors (Lipinski definition) is 0. The van der Waals surface area contributed by atoms with E-state index < -0.39 is 12.0 Å². The molecule has 6 heteroatoms. The second-order valence-electron chi connectivity index (χ2n) is 7.21. The Bertz CT molecular complexity index is 1260. The van der Waals surface area contributed by atoms with Crippen molar-refractivity contribution in [1.82, 2.24) is 14.9 Å². The fourth-order valence-corrected chi connectivity index (χ4v) is 3.93. The number of amides is 1. The summed E-state index contributed by atoms with van der Waals surface area (Å²) in [7, 11) is 0. The highest BCUT2D eigenvalue weighted by atomic mass is 19.3. The fraction of sp³-hybridized carbons (Fsp3) is 0.125. The van der Waals surface area contributed by atoms with Gasteiger partial charge in [-0.2, -0.15) is 8.78 Å². The summed E-state index contributed by atoms with van der Waals surface area (Å²) in [6, 6.07) is 16.0. The Hall–Kier alpha value is -3.67. The molecule has 0 spiro atoms. The van der Waals surface area contributed by atoms with Gasteiger partial charge in [0.05, 0.1) is 16.6 Å². The largest absolute Gasteiger partial charge is 0.356 e. The minimum atomic E-state index is -3.37. The van der Waals surface area contributed by atoms with Gasteiger partial charge in [0.2, 0.25) is 0 Å². The lowest BCUT2D eigenvalue weighted by molar-refractivity contribution is -0.121. The van der Waals surface area contributed by atoms with Crippen LogP contribution in [-0.4, -0.2) is 27.3 Å². The highest BCUT2D eigenvalue weighted by Crippen LogP contribution is 2.45. The SMILES string of the molecule is O=C1c2c(-c3ccncc3)cccc2C(F)(F)N1CCc1ccc2ccccc2n1. The molecule has 3 heterocycles. The van der Waals surface area contributed by atoms with Gasteiger partial charge < -0.3 is 0 Å². The Morgan fingerprint density at radius 1 is 0.900 bits per heavy atom. The second-order valence-corrected chi connectivity index (χ2v) is 7.21. The van der Waals surface area contributed by atoms with E-state index >= 15 is 8.78 Å². The number of aromatic nitrogens is 2. The molecule has 1 amide bonds. The Morgan fingerprint density at radius 2 is 1.70 bits per heavy atom. The Labute approximate surface area is 171 Å². The number of halogens is 2. The molecule has 0 atom stereocenters. The number of nitrogens with zero attached hydrogens (tertiary/aromatic N) is 3. The third-order valence-corrected chi connectivity index (χ3v) is 5.43. The summed E-state index contributed by atoms with van der Waals surface area (Å²) in [6.07, 6.45) is 3.40. The van der Waals surface area contributed by atoms with Crippen LogP contribution in [0.2, 0.25) is 0 Å². The minimum absolute atomic E-state index is 0.0557. The molecule has 1 aliphatic rings. The number of rotatable bonds is 4. The van der Waals surface area contributed by atoms with Gasteiger partial charge in [-0.25, -0.2) is 0 Å². The molecular weight excluding hydrogens is 384 g/mol. The van der Waals surface area contributed by atoms with Crippen LogP contribution in [-0.2, 0) is 12.5 Å². The number of benzene rings is 2. The van der Waals surface area contributed by atoms with Crippen molar-refractivity contribution < 1.29 is 13.6 Å². The minimum Gasteiger partial charge on any atom is -0.275 e. The number of alkyl halides is 2. The van der Waals surface area contributed by atoms with Crippen LogP contribution in [0.1, 0.15) is 21.6 Å². The summed E-state index contributed by atoms with van der Waals surface area (Å²) >= 11 is 0. The Balaban J connectivity index is 1.46. The zero-order chi connectivity index (χ0) is 20.7. The van der Waals surface area contributed by atoms with Gasteiger partial charge in [0.25, 0.3) is 5.91 Å². The van der Waals surface area contributed by atoms with Crippen LogP contribution in [0.5, 0.6) is 0 Å². The standard InChI is InChI=1S/C24H17F2N3O/c25-24(26)20-6-3-5-19(16-10-13-27-14-11-16)22(20)23(30)29(24)15-12-18-9-8-17-4-1-2-7-21(17)28-18/h1-11,13-14H,12,15H2. The van der Waals surface area contributed by atoms with Crippen molar-refractivity contribution in [2.75, 3.05) is 6.54 Å². The molecule has 2 aromatic carbocycles. The van der Waals surface area contributed by atoms with E-state index in [4.69, 9.17) is 0 Å². The second kappa shape index (κ2) is 6.99. The predicted molar refractivity (Wildman–Crippen MR) is 110 cm³/mol. The average Bonchev–Trinajstić information content (AvgIpc) is 2.98. The quantitative estimate of drug-likeness (QED) is 0.450. The lowest BCUT2D eigenvalue weighted by Crippen LogP contribution is -2.38. The molecule has 30 heavy (non-hydrogen) atoms. The van der Waals surface area contributed by atoms with Gasteiger partial charge in [0, 0.05) is 36.4 Å². The first-order valence-corrected chi connectivity index (χ1v) is 9.64.